The summed E-state index contributed by atoms with van der Waals surface area (Å²) in [6.45, 7) is 1.87. The molecule has 2 heterocycles. The van der Waals surface area contributed by atoms with Crippen molar-refractivity contribution in [3.8, 4) is 0 Å². The van der Waals surface area contributed by atoms with Gasteiger partial charge in [-0.2, -0.15) is 0 Å². The lowest BCUT2D eigenvalue weighted by atomic mass is 10.3. The highest BCUT2D eigenvalue weighted by Gasteiger charge is 2.24. The van der Waals surface area contributed by atoms with Crippen molar-refractivity contribution >= 4 is 44.8 Å². The van der Waals surface area contributed by atoms with Crippen molar-refractivity contribution in [2.45, 2.75) is 6.92 Å². The summed E-state index contributed by atoms with van der Waals surface area (Å²) in [5.41, 5.74) is 0.558. The molecular weight excluding hydrogens is 407 g/mol. The number of hydrogen-bond donors (Lipinski definition) is 2. The average Bonchev–Trinajstić information content (AvgIpc) is 2.57. The standard InChI is InChI=1S/C16H12BrFN6O2/c1-9-4-5-19-13(6-9)23-16-14(24(25)26)15(20-8-21-16)22-12-3-2-10(17)7-11(12)18/h2-8H,1H3,(H2,19,20,21,22,23). The molecule has 2 N–H and O–H groups in total. The monoisotopic (exact) mass is 418 g/mol. The van der Waals surface area contributed by atoms with Crippen LogP contribution in [0.5, 0.6) is 0 Å². The molecule has 0 saturated carbocycles. The molecule has 0 bridgehead atoms. The van der Waals surface area contributed by atoms with E-state index in [0.29, 0.717) is 10.3 Å². The minimum atomic E-state index is -0.642. The molecule has 0 aliphatic carbocycles. The number of benzene rings is 1. The number of hydrogen-bond acceptors (Lipinski definition) is 7. The number of halogens is 2. The molecule has 132 valence electrons. The zero-order chi connectivity index (χ0) is 18.7. The molecule has 3 rings (SSSR count). The predicted octanol–water partition coefficient (Wildman–Crippen LogP) is 4.48. The molecule has 0 fully saturated rings. The van der Waals surface area contributed by atoms with Gasteiger partial charge < -0.3 is 10.6 Å². The van der Waals surface area contributed by atoms with E-state index < -0.39 is 16.4 Å². The van der Waals surface area contributed by atoms with Gasteiger partial charge in [0, 0.05) is 10.7 Å². The molecule has 0 unspecified atom stereocenters. The lowest BCUT2D eigenvalue weighted by Gasteiger charge is -2.10. The van der Waals surface area contributed by atoms with Crippen LogP contribution in [0, 0.1) is 22.9 Å². The van der Waals surface area contributed by atoms with Crippen LogP contribution in [-0.4, -0.2) is 19.9 Å². The van der Waals surface area contributed by atoms with Crippen LogP contribution in [0.3, 0.4) is 0 Å². The van der Waals surface area contributed by atoms with Gasteiger partial charge >= 0.3 is 5.69 Å². The molecule has 0 aliphatic rings. The molecule has 0 radical (unpaired) electrons. The molecule has 10 heteroatoms. The lowest BCUT2D eigenvalue weighted by Crippen LogP contribution is -2.06. The van der Waals surface area contributed by atoms with E-state index in [-0.39, 0.29) is 17.3 Å². The zero-order valence-electron chi connectivity index (χ0n) is 13.4. The van der Waals surface area contributed by atoms with Crippen LogP contribution in [0.1, 0.15) is 5.56 Å². The van der Waals surface area contributed by atoms with E-state index >= 15 is 0 Å². The van der Waals surface area contributed by atoms with E-state index in [0.717, 1.165) is 11.9 Å². The van der Waals surface area contributed by atoms with Crippen LogP contribution in [0.25, 0.3) is 0 Å². The van der Waals surface area contributed by atoms with Crippen molar-refractivity contribution in [3.05, 3.63) is 68.8 Å². The summed E-state index contributed by atoms with van der Waals surface area (Å²) in [6.07, 6.45) is 2.71. The highest BCUT2D eigenvalue weighted by Crippen LogP contribution is 2.33. The topological polar surface area (TPSA) is 106 Å². The van der Waals surface area contributed by atoms with E-state index in [4.69, 9.17) is 0 Å². The van der Waals surface area contributed by atoms with Gasteiger partial charge in [0.2, 0.25) is 11.6 Å². The molecule has 0 saturated heterocycles. The van der Waals surface area contributed by atoms with Gasteiger partial charge in [0.25, 0.3) is 0 Å². The molecule has 3 aromatic rings. The van der Waals surface area contributed by atoms with E-state index in [1.165, 1.54) is 12.1 Å². The molecule has 0 amide bonds. The van der Waals surface area contributed by atoms with Crippen LogP contribution >= 0.6 is 15.9 Å². The maximum Gasteiger partial charge on any atom is 0.353 e. The SMILES string of the molecule is Cc1ccnc(Nc2ncnc(Nc3ccc(Br)cc3F)c2[N+](=O)[O-])c1. The first-order valence-corrected chi connectivity index (χ1v) is 8.14. The first kappa shape index (κ1) is 17.7. The Bertz CT molecular complexity index is 985. The second-order valence-corrected chi connectivity index (χ2v) is 6.18. The molecule has 26 heavy (non-hydrogen) atoms. The van der Waals surface area contributed by atoms with E-state index in [9.17, 15) is 14.5 Å². The summed E-state index contributed by atoms with van der Waals surface area (Å²) in [5, 5.41) is 17.0. The van der Waals surface area contributed by atoms with Crippen molar-refractivity contribution in [1.29, 1.82) is 0 Å². The van der Waals surface area contributed by atoms with Crippen LogP contribution in [0.4, 0.5) is 33.2 Å². The number of pyridine rings is 1. The van der Waals surface area contributed by atoms with Crippen molar-refractivity contribution in [2.24, 2.45) is 0 Å². The fraction of sp³-hybridized carbons (Fsp3) is 0.0625. The van der Waals surface area contributed by atoms with Gasteiger partial charge in [0.05, 0.1) is 10.6 Å². The van der Waals surface area contributed by atoms with E-state index in [2.05, 4.69) is 41.5 Å². The van der Waals surface area contributed by atoms with Gasteiger partial charge in [0.15, 0.2) is 0 Å². The second-order valence-electron chi connectivity index (χ2n) is 5.27. The number of aromatic nitrogens is 3. The summed E-state index contributed by atoms with van der Waals surface area (Å²) in [4.78, 5) is 22.8. The van der Waals surface area contributed by atoms with Gasteiger partial charge in [-0.25, -0.2) is 19.3 Å². The van der Waals surface area contributed by atoms with Gasteiger partial charge in [-0.05, 0) is 42.8 Å². The number of rotatable bonds is 5. The van der Waals surface area contributed by atoms with Crippen LogP contribution < -0.4 is 10.6 Å². The number of aryl methyl sites for hydroxylation is 1. The molecule has 8 nitrogen and oxygen atoms in total. The van der Waals surface area contributed by atoms with Crippen molar-refractivity contribution < 1.29 is 9.31 Å². The third-order valence-electron chi connectivity index (χ3n) is 3.35. The Labute approximate surface area is 155 Å². The summed E-state index contributed by atoms with van der Waals surface area (Å²) in [6, 6.07) is 7.80. The quantitative estimate of drug-likeness (QED) is 0.464. The predicted molar refractivity (Wildman–Crippen MR) is 98.3 cm³/mol. The Balaban J connectivity index is 1.99. The number of nitrogens with one attached hydrogen (secondary N) is 2. The Morgan fingerprint density at radius 3 is 2.50 bits per heavy atom. The van der Waals surface area contributed by atoms with E-state index in [1.807, 2.05) is 6.92 Å². The third kappa shape index (κ3) is 3.91. The summed E-state index contributed by atoms with van der Waals surface area (Å²) in [5.74, 6) is -0.376. The Morgan fingerprint density at radius 2 is 1.85 bits per heavy atom. The van der Waals surface area contributed by atoms with Crippen LogP contribution in [0.15, 0.2) is 47.3 Å². The Kier molecular flexibility index (Phi) is 5.03. The van der Waals surface area contributed by atoms with E-state index in [1.54, 1.807) is 24.4 Å². The number of anilines is 4. The fourth-order valence-electron chi connectivity index (χ4n) is 2.18. The summed E-state index contributed by atoms with van der Waals surface area (Å²) >= 11 is 3.16. The first-order chi connectivity index (χ1) is 12.4. The highest BCUT2D eigenvalue weighted by molar-refractivity contribution is 9.10. The first-order valence-electron chi connectivity index (χ1n) is 7.35. The third-order valence-corrected chi connectivity index (χ3v) is 3.84. The van der Waals surface area contributed by atoms with Gasteiger partial charge in [-0.15, -0.1) is 0 Å². The molecule has 0 atom stereocenters. The van der Waals surface area contributed by atoms with Crippen LogP contribution in [0.2, 0.25) is 0 Å². The molecule has 0 spiro atoms. The Morgan fingerprint density at radius 1 is 1.12 bits per heavy atom. The zero-order valence-corrected chi connectivity index (χ0v) is 15.0. The number of nitrogens with zero attached hydrogens (tertiary/aromatic N) is 4. The van der Waals surface area contributed by atoms with Crippen molar-refractivity contribution in [1.82, 2.24) is 15.0 Å². The van der Waals surface area contributed by atoms with Crippen molar-refractivity contribution in [3.63, 3.8) is 0 Å². The molecular formula is C16H12BrFN6O2. The highest BCUT2D eigenvalue weighted by atomic mass is 79.9. The smallest absolute Gasteiger partial charge is 0.332 e. The second kappa shape index (κ2) is 7.40. The normalized spacial score (nSPS) is 10.4. The van der Waals surface area contributed by atoms with Crippen LogP contribution in [-0.2, 0) is 0 Å². The van der Waals surface area contributed by atoms with Gasteiger partial charge in [-0.3, -0.25) is 10.1 Å². The maximum absolute atomic E-state index is 14.0. The van der Waals surface area contributed by atoms with Gasteiger partial charge in [-0.1, -0.05) is 15.9 Å². The summed E-state index contributed by atoms with van der Waals surface area (Å²) in [7, 11) is 0. The fourth-order valence-corrected chi connectivity index (χ4v) is 2.51. The lowest BCUT2D eigenvalue weighted by molar-refractivity contribution is -0.383. The summed E-state index contributed by atoms with van der Waals surface area (Å²) < 4.78 is 14.6. The minimum Gasteiger partial charge on any atom is -0.332 e. The largest absolute Gasteiger partial charge is 0.353 e. The Hall–Kier alpha value is -3.14. The number of nitro groups is 1. The molecule has 0 aliphatic heterocycles. The average molecular weight is 419 g/mol. The molecule has 1 aromatic carbocycles. The maximum atomic E-state index is 14.0. The van der Waals surface area contributed by atoms with Crippen molar-refractivity contribution in [2.75, 3.05) is 10.6 Å². The van der Waals surface area contributed by atoms with Gasteiger partial charge in [0.1, 0.15) is 18.0 Å². The minimum absolute atomic E-state index is 0.0506. The molecule has 2 aromatic heterocycles.